The number of nitrogens with zero attached hydrogens (tertiary/aromatic N) is 4. The number of pyridine rings is 1. The van der Waals surface area contributed by atoms with E-state index in [0.29, 0.717) is 0 Å². The van der Waals surface area contributed by atoms with Gasteiger partial charge in [-0.25, -0.2) is 9.67 Å². The highest BCUT2D eigenvalue weighted by atomic mass is 16.5. The van der Waals surface area contributed by atoms with Gasteiger partial charge in [-0.3, -0.25) is 4.57 Å². The van der Waals surface area contributed by atoms with Crippen LogP contribution < -0.4 is 4.74 Å². The van der Waals surface area contributed by atoms with Crippen LogP contribution in [-0.4, -0.2) is 19.3 Å². The van der Waals surface area contributed by atoms with Crippen molar-refractivity contribution >= 4 is 21.8 Å². The number of hydrogen-bond donors (Lipinski definition) is 0. The summed E-state index contributed by atoms with van der Waals surface area (Å²) < 4.78 is 11.0. The minimum Gasteiger partial charge on any atom is -0.457 e. The van der Waals surface area contributed by atoms with Gasteiger partial charge in [0.1, 0.15) is 23.0 Å². The third-order valence-electron chi connectivity index (χ3n) is 10.1. The minimum absolute atomic E-state index is 0.0479. The van der Waals surface area contributed by atoms with Crippen molar-refractivity contribution in [3.63, 3.8) is 0 Å². The van der Waals surface area contributed by atoms with Crippen LogP contribution in [0.4, 0.5) is 0 Å². The molecular formula is C49H40N4O. The van der Waals surface area contributed by atoms with Gasteiger partial charge < -0.3 is 4.74 Å². The summed E-state index contributed by atoms with van der Waals surface area (Å²) in [4.78, 5) is 4.75. The average molecular weight is 701 g/mol. The van der Waals surface area contributed by atoms with Gasteiger partial charge in [-0.1, -0.05) is 130 Å². The molecule has 54 heavy (non-hydrogen) atoms. The number of fused-ring (bicyclic) bond motifs is 3. The quantitative estimate of drug-likeness (QED) is 0.166. The molecule has 0 fully saturated rings. The molecule has 3 aromatic heterocycles. The van der Waals surface area contributed by atoms with Gasteiger partial charge in [0, 0.05) is 45.8 Å². The van der Waals surface area contributed by atoms with Gasteiger partial charge in [0.15, 0.2) is 0 Å². The van der Waals surface area contributed by atoms with Gasteiger partial charge in [0.25, 0.3) is 0 Å². The van der Waals surface area contributed by atoms with Crippen LogP contribution in [0.3, 0.4) is 0 Å². The van der Waals surface area contributed by atoms with Gasteiger partial charge in [0.05, 0.1) is 22.4 Å². The van der Waals surface area contributed by atoms with Crippen molar-refractivity contribution in [3.8, 4) is 56.6 Å². The normalized spacial score (nSPS) is 11.7. The summed E-state index contributed by atoms with van der Waals surface area (Å²) in [6, 6.07) is 57.1. The molecule has 0 aliphatic carbocycles. The molecular weight excluding hydrogens is 661 g/mol. The van der Waals surface area contributed by atoms with Crippen molar-refractivity contribution in [3.05, 3.63) is 181 Å². The zero-order valence-electron chi connectivity index (χ0n) is 30.9. The molecule has 9 aromatic rings. The second-order valence-electron chi connectivity index (χ2n) is 14.9. The molecule has 0 aliphatic rings. The first-order chi connectivity index (χ1) is 26.3. The highest BCUT2D eigenvalue weighted by molar-refractivity contribution is 6.09. The molecule has 0 saturated heterocycles. The molecule has 0 aliphatic heterocycles. The van der Waals surface area contributed by atoms with E-state index in [1.807, 2.05) is 36.5 Å². The van der Waals surface area contributed by atoms with Gasteiger partial charge >= 0.3 is 0 Å². The van der Waals surface area contributed by atoms with Crippen molar-refractivity contribution in [2.75, 3.05) is 0 Å². The number of ether oxygens (including phenoxy) is 1. The first-order valence-corrected chi connectivity index (χ1v) is 18.4. The van der Waals surface area contributed by atoms with E-state index in [2.05, 4.69) is 170 Å². The molecule has 5 nitrogen and oxygen atoms in total. The van der Waals surface area contributed by atoms with Crippen molar-refractivity contribution < 1.29 is 4.74 Å². The Morgan fingerprint density at radius 2 is 1.24 bits per heavy atom. The van der Waals surface area contributed by atoms with Crippen molar-refractivity contribution in [1.29, 1.82) is 0 Å². The van der Waals surface area contributed by atoms with Crippen LogP contribution in [0.25, 0.3) is 67.0 Å². The number of hydrogen-bond acceptors (Lipinski definition) is 3. The monoisotopic (exact) mass is 700 g/mol. The van der Waals surface area contributed by atoms with Gasteiger partial charge in [-0.15, -0.1) is 0 Å². The second kappa shape index (κ2) is 13.4. The molecule has 0 saturated carbocycles. The third kappa shape index (κ3) is 6.04. The summed E-state index contributed by atoms with van der Waals surface area (Å²) in [5.41, 5.74) is 11.8. The molecule has 0 unspecified atom stereocenters. The SMILES string of the molecule is Cc1ccnc(-n2c3ccccc3c3ccc(Oc4cccc(-n5nc(-c6ccccc6)c(-c6ccc(C(C)(C)C)cc6)c5-c5ccccc5)c4)cc32)c1. The summed E-state index contributed by atoms with van der Waals surface area (Å²) in [6.45, 7) is 8.84. The Labute approximate surface area is 315 Å². The number of para-hydroxylation sites is 1. The smallest absolute Gasteiger partial charge is 0.137 e. The second-order valence-corrected chi connectivity index (χ2v) is 14.9. The van der Waals surface area contributed by atoms with Crippen LogP contribution >= 0.6 is 0 Å². The van der Waals surface area contributed by atoms with Crippen LogP contribution in [0.5, 0.6) is 11.5 Å². The van der Waals surface area contributed by atoms with Crippen molar-refractivity contribution in [2.24, 2.45) is 0 Å². The van der Waals surface area contributed by atoms with E-state index in [4.69, 9.17) is 14.8 Å². The molecule has 5 heteroatoms. The first-order valence-electron chi connectivity index (χ1n) is 18.4. The molecule has 0 atom stereocenters. The van der Waals surface area contributed by atoms with E-state index in [-0.39, 0.29) is 5.41 Å². The summed E-state index contributed by atoms with van der Waals surface area (Å²) in [6.07, 6.45) is 1.87. The molecule has 0 N–H and O–H groups in total. The predicted molar refractivity (Wildman–Crippen MR) is 222 cm³/mol. The average Bonchev–Trinajstić information content (AvgIpc) is 3.75. The molecule has 6 aromatic carbocycles. The van der Waals surface area contributed by atoms with Gasteiger partial charge in [0.2, 0.25) is 0 Å². The standard InChI is InChI=1S/C49H40N4O/c1-33-28-29-50-45(30-33)52-43-21-12-11-20-41(43)42-27-26-40(32-44(42)52)54-39-19-13-18-38(31-39)53-48(36-16-9-6-10-17-36)46(47(51-53)35-14-7-5-8-15-35)34-22-24-37(25-23-34)49(2,3)4/h5-32H,1-4H3. The maximum absolute atomic E-state index is 6.68. The van der Waals surface area contributed by atoms with Crippen LogP contribution in [0.15, 0.2) is 170 Å². The lowest BCUT2D eigenvalue weighted by molar-refractivity contribution is 0.483. The number of aromatic nitrogens is 4. The van der Waals surface area contributed by atoms with Crippen LogP contribution in [-0.2, 0) is 5.41 Å². The Hall–Kier alpha value is -6.72. The summed E-state index contributed by atoms with van der Waals surface area (Å²) in [5.74, 6) is 2.34. The zero-order chi connectivity index (χ0) is 36.8. The topological polar surface area (TPSA) is 44.9 Å². The fraction of sp³-hybridized carbons (Fsp3) is 0.102. The molecule has 0 bridgehead atoms. The van der Waals surface area contributed by atoms with E-state index in [1.54, 1.807) is 0 Å². The Balaban J connectivity index is 1.18. The van der Waals surface area contributed by atoms with Crippen LogP contribution in [0.1, 0.15) is 31.9 Å². The van der Waals surface area contributed by atoms with Gasteiger partial charge in [-0.05, 0) is 71.5 Å². The van der Waals surface area contributed by atoms with Crippen molar-refractivity contribution in [1.82, 2.24) is 19.3 Å². The first kappa shape index (κ1) is 33.1. The fourth-order valence-electron chi connectivity index (χ4n) is 7.39. The number of benzene rings is 6. The Morgan fingerprint density at radius 3 is 1.98 bits per heavy atom. The van der Waals surface area contributed by atoms with Crippen LogP contribution in [0.2, 0.25) is 0 Å². The zero-order valence-corrected chi connectivity index (χ0v) is 30.9. The van der Waals surface area contributed by atoms with E-state index < -0.39 is 0 Å². The molecule has 0 amide bonds. The Morgan fingerprint density at radius 1 is 0.556 bits per heavy atom. The summed E-state index contributed by atoms with van der Waals surface area (Å²) in [7, 11) is 0. The highest BCUT2D eigenvalue weighted by Crippen LogP contribution is 2.43. The lowest BCUT2D eigenvalue weighted by atomic mass is 9.85. The predicted octanol–water partition coefficient (Wildman–Crippen LogP) is 12.8. The number of aryl methyl sites for hydroxylation is 1. The number of rotatable bonds is 7. The van der Waals surface area contributed by atoms with E-state index in [9.17, 15) is 0 Å². The van der Waals surface area contributed by atoms with E-state index in [1.165, 1.54) is 10.9 Å². The summed E-state index contributed by atoms with van der Waals surface area (Å²) >= 11 is 0. The van der Waals surface area contributed by atoms with Crippen LogP contribution in [0, 0.1) is 6.92 Å². The third-order valence-corrected chi connectivity index (χ3v) is 10.1. The Kier molecular flexibility index (Phi) is 8.20. The molecule has 0 spiro atoms. The molecule has 3 heterocycles. The fourth-order valence-corrected chi connectivity index (χ4v) is 7.39. The molecule has 9 rings (SSSR count). The summed E-state index contributed by atoms with van der Waals surface area (Å²) in [5, 5.41) is 7.72. The maximum Gasteiger partial charge on any atom is 0.137 e. The highest BCUT2D eigenvalue weighted by Gasteiger charge is 2.24. The van der Waals surface area contributed by atoms with E-state index in [0.717, 1.165) is 78.6 Å². The lowest BCUT2D eigenvalue weighted by Gasteiger charge is -2.19. The molecule has 0 radical (unpaired) electrons. The maximum atomic E-state index is 6.68. The lowest BCUT2D eigenvalue weighted by Crippen LogP contribution is -2.10. The van der Waals surface area contributed by atoms with Gasteiger partial charge in [-0.2, -0.15) is 5.10 Å². The molecule has 262 valence electrons. The van der Waals surface area contributed by atoms with Crippen molar-refractivity contribution in [2.45, 2.75) is 33.1 Å². The Bertz CT molecular complexity index is 2770. The van der Waals surface area contributed by atoms with E-state index >= 15 is 0 Å². The largest absolute Gasteiger partial charge is 0.457 e. The minimum atomic E-state index is 0.0479.